The average molecular weight is 679 g/mol. The molecule has 4 aliphatic carbocycles. The summed E-state index contributed by atoms with van der Waals surface area (Å²) in [6, 6.07) is 0. The molecule has 1 amide bonds. The Bertz CT molecular complexity index is 1020. The Morgan fingerprint density at radius 3 is 2.43 bits per heavy atom. The number of ether oxygens (including phenoxy) is 1. The lowest BCUT2D eigenvalue weighted by atomic mass is 9.47. The van der Waals surface area contributed by atoms with Crippen molar-refractivity contribution < 1.29 is 14.3 Å². The molecule has 4 rings (SSSR count). The van der Waals surface area contributed by atoms with E-state index in [9.17, 15) is 9.59 Å². The summed E-state index contributed by atoms with van der Waals surface area (Å²) < 4.78 is 6.00. The third kappa shape index (κ3) is 9.48. The lowest BCUT2D eigenvalue weighted by molar-refractivity contribution is -0.148. The molecular formula is C37H66N4O3S2. The van der Waals surface area contributed by atoms with Crippen LogP contribution in [0, 0.1) is 46.3 Å². The predicted molar refractivity (Wildman–Crippen MR) is 195 cm³/mol. The SMILES string of the molecule is CC(C)CCCC(C)C1CCC2C3CC=C4CC(OC(=O)CSSCC(=O)NCCN(CCN)CCN)CCC4(C)C3CCC12C. The summed E-state index contributed by atoms with van der Waals surface area (Å²) in [6.45, 7) is 16.5. The monoisotopic (exact) mass is 678 g/mol. The minimum Gasteiger partial charge on any atom is -0.461 e. The quantitative estimate of drug-likeness (QED) is 0.0640. The van der Waals surface area contributed by atoms with Gasteiger partial charge in [-0.25, -0.2) is 0 Å². The van der Waals surface area contributed by atoms with Crippen molar-refractivity contribution in [3.05, 3.63) is 11.6 Å². The summed E-state index contributed by atoms with van der Waals surface area (Å²) in [7, 11) is 2.82. The fourth-order valence-electron chi connectivity index (χ4n) is 10.3. The number of hydrogen-bond donors (Lipinski definition) is 3. The summed E-state index contributed by atoms with van der Waals surface area (Å²) in [6.07, 6.45) is 16.6. The minimum absolute atomic E-state index is 0.0151. The topological polar surface area (TPSA) is 111 Å². The minimum atomic E-state index is -0.159. The number of carbonyl (C=O) groups excluding carboxylic acids is 2. The number of nitrogens with zero attached hydrogens (tertiary/aromatic N) is 1. The van der Waals surface area contributed by atoms with Crippen molar-refractivity contribution in [1.82, 2.24) is 10.2 Å². The maximum atomic E-state index is 12.7. The number of nitrogens with two attached hydrogens (primary N) is 2. The van der Waals surface area contributed by atoms with Gasteiger partial charge in [-0.2, -0.15) is 0 Å². The van der Waals surface area contributed by atoms with Gasteiger partial charge in [0.2, 0.25) is 5.91 Å². The van der Waals surface area contributed by atoms with Gasteiger partial charge >= 0.3 is 5.97 Å². The molecule has 46 heavy (non-hydrogen) atoms. The zero-order chi connectivity index (χ0) is 33.3. The van der Waals surface area contributed by atoms with Crippen LogP contribution in [0.25, 0.3) is 0 Å². The number of nitrogens with one attached hydrogen (secondary N) is 1. The molecule has 3 fully saturated rings. The summed E-state index contributed by atoms with van der Waals surface area (Å²) in [5.41, 5.74) is 13.6. The van der Waals surface area contributed by atoms with Crippen LogP contribution in [0.2, 0.25) is 0 Å². The first-order valence-corrected chi connectivity index (χ1v) is 21.0. The zero-order valence-corrected chi connectivity index (χ0v) is 31.3. The third-order valence-corrected chi connectivity index (χ3v) is 14.8. The zero-order valence-electron chi connectivity index (χ0n) is 29.7. The first-order valence-electron chi connectivity index (χ1n) is 18.5. The van der Waals surface area contributed by atoms with Crippen molar-refractivity contribution in [1.29, 1.82) is 0 Å². The van der Waals surface area contributed by atoms with Gasteiger partial charge in [0, 0.05) is 45.7 Å². The Morgan fingerprint density at radius 1 is 0.978 bits per heavy atom. The van der Waals surface area contributed by atoms with Gasteiger partial charge in [0.05, 0.1) is 5.75 Å². The number of allylic oxidation sites excluding steroid dienone is 1. The molecule has 0 aromatic heterocycles. The molecule has 3 saturated carbocycles. The molecule has 7 nitrogen and oxygen atoms in total. The van der Waals surface area contributed by atoms with Crippen LogP contribution in [-0.4, -0.2) is 73.7 Å². The van der Waals surface area contributed by atoms with Gasteiger partial charge in [0.15, 0.2) is 0 Å². The largest absolute Gasteiger partial charge is 0.461 e. The molecule has 0 heterocycles. The Kier molecular flexibility index (Phi) is 14.7. The van der Waals surface area contributed by atoms with E-state index in [1.807, 2.05) is 0 Å². The average Bonchev–Trinajstić information content (AvgIpc) is 3.37. The van der Waals surface area contributed by atoms with Gasteiger partial charge in [0.1, 0.15) is 11.9 Å². The van der Waals surface area contributed by atoms with E-state index in [1.54, 1.807) is 5.57 Å². The van der Waals surface area contributed by atoms with Crippen LogP contribution >= 0.6 is 21.6 Å². The van der Waals surface area contributed by atoms with Crippen molar-refractivity contribution in [3.63, 3.8) is 0 Å². The van der Waals surface area contributed by atoms with Crippen molar-refractivity contribution in [2.24, 2.45) is 57.8 Å². The molecule has 0 bridgehead atoms. The van der Waals surface area contributed by atoms with Crippen molar-refractivity contribution in [3.8, 4) is 0 Å². The van der Waals surface area contributed by atoms with Crippen molar-refractivity contribution in [2.45, 2.75) is 111 Å². The highest BCUT2D eigenvalue weighted by Gasteiger charge is 2.59. The number of amides is 1. The van der Waals surface area contributed by atoms with Crippen LogP contribution in [0.15, 0.2) is 11.6 Å². The highest BCUT2D eigenvalue weighted by molar-refractivity contribution is 8.77. The fourth-order valence-corrected chi connectivity index (χ4v) is 11.9. The van der Waals surface area contributed by atoms with Crippen LogP contribution in [0.4, 0.5) is 0 Å². The number of hydrogen-bond acceptors (Lipinski definition) is 8. The second-order valence-electron chi connectivity index (χ2n) is 15.9. The van der Waals surface area contributed by atoms with Crippen LogP contribution in [0.5, 0.6) is 0 Å². The standard InChI is InChI=1S/C37H66N4O3S2/c1-26(2)7-6-8-27(3)31-11-12-32-30-10-9-28-23-29(13-15-36(28,4)33(30)14-16-37(31,32)5)44-35(43)25-46-45-24-34(42)40-19-22-41(20-17-38)21-18-39/h9,26-27,29-33H,6-8,10-25,38-39H2,1-5H3,(H,40,42). The Labute approximate surface area is 288 Å². The lowest BCUT2D eigenvalue weighted by Gasteiger charge is -2.58. The van der Waals surface area contributed by atoms with Gasteiger partial charge in [-0.3, -0.25) is 14.5 Å². The maximum absolute atomic E-state index is 12.7. The molecule has 0 radical (unpaired) electrons. The van der Waals surface area contributed by atoms with E-state index in [4.69, 9.17) is 16.2 Å². The molecule has 8 unspecified atom stereocenters. The van der Waals surface area contributed by atoms with Crippen molar-refractivity contribution in [2.75, 3.05) is 50.8 Å². The summed E-state index contributed by atoms with van der Waals surface area (Å²) >= 11 is 0. The fraction of sp³-hybridized carbons (Fsp3) is 0.892. The maximum Gasteiger partial charge on any atom is 0.317 e. The number of esters is 1. The molecule has 5 N–H and O–H groups in total. The van der Waals surface area contributed by atoms with E-state index in [1.165, 1.54) is 73.0 Å². The summed E-state index contributed by atoms with van der Waals surface area (Å²) in [5.74, 6) is 5.43. The van der Waals surface area contributed by atoms with Gasteiger partial charge < -0.3 is 21.5 Å². The number of carbonyl (C=O) groups is 2. The van der Waals surface area contributed by atoms with E-state index < -0.39 is 0 Å². The molecule has 0 aliphatic heterocycles. The smallest absolute Gasteiger partial charge is 0.317 e. The molecule has 0 aromatic carbocycles. The van der Waals surface area contributed by atoms with Crippen LogP contribution in [-0.2, 0) is 14.3 Å². The van der Waals surface area contributed by atoms with Crippen molar-refractivity contribution >= 4 is 33.5 Å². The summed E-state index contributed by atoms with van der Waals surface area (Å²) in [5, 5.41) is 2.95. The number of fused-ring (bicyclic) bond motifs is 5. The van der Waals surface area contributed by atoms with E-state index in [0.717, 1.165) is 74.4 Å². The first kappa shape index (κ1) is 38.1. The predicted octanol–water partition coefficient (Wildman–Crippen LogP) is 6.66. The second kappa shape index (κ2) is 17.8. The Hall–Kier alpha value is -0.740. The summed E-state index contributed by atoms with van der Waals surface area (Å²) in [4.78, 5) is 27.1. The van der Waals surface area contributed by atoms with Crippen LogP contribution < -0.4 is 16.8 Å². The van der Waals surface area contributed by atoms with E-state index >= 15 is 0 Å². The highest BCUT2D eigenvalue weighted by Crippen LogP contribution is 2.67. The molecule has 9 heteroatoms. The van der Waals surface area contributed by atoms with E-state index in [0.29, 0.717) is 30.8 Å². The molecular weight excluding hydrogens is 613 g/mol. The lowest BCUT2D eigenvalue weighted by Crippen LogP contribution is -2.51. The Balaban J connectivity index is 1.19. The highest BCUT2D eigenvalue weighted by atomic mass is 33.1. The Morgan fingerprint density at radius 2 is 1.72 bits per heavy atom. The second-order valence-corrected chi connectivity index (χ2v) is 18.4. The van der Waals surface area contributed by atoms with Gasteiger partial charge in [-0.05, 0) is 91.3 Å². The third-order valence-electron chi connectivity index (χ3n) is 12.6. The first-order chi connectivity index (χ1) is 22.0. The molecule has 0 spiro atoms. The van der Waals surface area contributed by atoms with Gasteiger partial charge in [-0.15, -0.1) is 0 Å². The van der Waals surface area contributed by atoms with E-state index in [2.05, 4.69) is 50.9 Å². The number of rotatable bonds is 18. The molecule has 4 aliphatic rings. The van der Waals surface area contributed by atoms with Gasteiger partial charge in [0.25, 0.3) is 0 Å². The van der Waals surface area contributed by atoms with E-state index in [-0.39, 0.29) is 29.1 Å². The molecule has 0 saturated heterocycles. The normalized spacial score (nSPS) is 32.8. The molecule has 0 aromatic rings. The molecule has 264 valence electrons. The van der Waals surface area contributed by atoms with Crippen LogP contribution in [0.3, 0.4) is 0 Å². The molecule has 8 atom stereocenters. The van der Waals surface area contributed by atoms with Crippen LogP contribution in [0.1, 0.15) is 105 Å². The van der Waals surface area contributed by atoms with Gasteiger partial charge in [-0.1, -0.05) is 87.1 Å².